The van der Waals surface area contributed by atoms with Crippen LogP contribution in [0.25, 0.3) is 0 Å². The molecule has 0 radical (unpaired) electrons. The molecule has 0 aromatic heterocycles. The van der Waals surface area contributed by atoms with Crippen LogP contribution in [-0.2, 0) is 9.31 Å². The summed E-state index contributed by atoms with van der Waals surface area (Å²) in [5, 5.41) is 0. The van der Waals surface area contributed by atoms with Gasteiger partial charge in [-0.1, -0.05) is 26.3 Å². The second-order valence-electron chi connectivity index (χ2n) is 5.97. The van der Waals surface area contributed by atoms with Crippen LogP contribution in [0.4, 0.5) is 8.78 Å². The van der Waals surface area contributed by atoms with Gasteiger partial charge in [0.05, 0.1) is 11.2 Å². The zero-order chi connectivity index (χ0) is 15.6. The Morgan fingerprint density at radius 2 is 1.40 bits per heavy atom. The lowest BCUT2D eigenvalue weighted by molar-refractivity contribution is 0.00578. The molecule has 0 amide bonds. The predicted octanol–water partition coefficient (Wildman–Crippen LogP) is 3.68. The molecule has 1 aromatic carbocycles. The Labute approximate surface area is 120 Å². The van der Waals surface area contributed by atoms with Gasteiger partial charge in [-0.3, -0.25) is 0 Å². The fraction of sp³-hybridized carbons (Fsp3) is 0.600. The molecule has 2 rings (SSSR count). The van der Waals surface area contributed by atoms with Crippen molar-refractivity contribution in [2.75, 3.05) is 0 Å². The first-order valence-electron chi connectivity index (χ1n) is 6.95. The van der Waals surface area contributed by atoms with Crippen molar-refractivity contribution in [2.45, 2.75) is 59.2 Å². The SMILES string of the molecule is CC1(C)OB(c2ccc(F)c(F)c2)OC1(C)C.CCC. The van der Waals surface area contributed by atoms with Gasteiger partial charge in [-0.15, -0.1) is 0 Å². The summed E-state index contributed by atoms with van der Waals surface area (Å²) in [5.74, 6) is -1.76. The molecule has 5 heteroatoms. The van der Waals surface area contributed by atoms with Crippen molar-refractivity contribution in [1.82, 2.24) is 0 Å². The van der Waals surface area contributed by atoms with Crippen molar-refractivity contribution >= 4 is 12.6 Å². The third kappa shape index (κ3) is 3.58. The summed E-state index contributed by atoms with van der Waals surface area (Å²) >= 11 is 0. The highest BCUT2D eigenvalue weighted by atomic mass is 19.2. The molecule has 0 spiro atoms. The molecule has 0 bridgehead atoms. The molecule has 0 N–H and O–H groups in total. The number of rotatable bonds is 1. The quantitative estimate of drug-likeness (QED) is 0.732. The fourth-order valence-electron chi connectivity index (χ4n) is 1.64. The highest BCUT2D eigenvalue weighted by molar-refractivity contribution is 6.62. The maximum absolute atomic E-state index is 13.1. The molecule has 0 unspecified atom stereocenters. The standard InChI is InChI=1S/C12H15BF2O2.C3H8/c1-11(2)12(3,4)17-13(16-11)8-5-6-9(14)10(15)7-8;1-3-2/h5-7H,1-4H3;3H2,1-2H3. The van der Waals surface area contributed by atoms with Crippen LogP contribution in [0.5, 0.6) is 0 Å². The zero-order valence-electron chi connectivity index (χ0n) is 13.1. The molecule has 1 aromatic rings. The summed E-state index contributed by atoms with van der Waals surface area (Å²) in [5.41, 5.74) is -0.479. The van der Waals surface area contributed by atoms with Gasteiger partial charge in [0, 0.05) is 0 Å². The first-order valence-corrected chi connectivity index (χ1v) is 6.95. The molecule has 0 aliphatic carbocycles. The van der Waals surface area contributed by atoms with Crippen LogP contribution in [-0.4, -0.2) is 18.3 Å². The van der Waals surface area contributed by atoms with Crippen molar-refractivity contribution in [3.05, 3.63) is 29.8 Å². The summed E-state index contributed by atoms with van der Waals surface area (Å²) in [6.45, 7) is 11.9. The van der Waals surface area contributed by atoms with Crippen LogP contribution in [0.1, 0.15) is 48.0 Å². The molecule has 1 aliphatic heterocycles. The van der Waals surface area contributed by atoms with Crippen molar-refractivity contribution < 1.29 is 18.1 Å². The molecule has 1 aliphatic rings. The van der Waals surface area contributed by atoms with Gasteiger partial charge >= 0.3 is 7.12 Å². The monoisotopic (exact) mass is 284 g/mol. The largest absolute Gasteiger partial charge is 0.494 e. The Morgan fingerprint density at radius 3 is 1.80 bits per heavy atom. The van der Waals surface area contributed by atoms with E-state index in [1.807, 2.05) is 27.7 Å². The van der Waals surface area contributed by atoms with E-state index >= 15 is 0 Å². The fourth-order valence-corrected chi connectivity index (χ4v) is 1.64. The maximum atomic E-state index is 13.1. The van der Waals surface area contributed by atoms with E-state index in [4.69, 9.17) is 9.31 Å². The Kier molecular flexibility index (Phi) is 5.33. The van der Waals surface area contributed by atoms with Gasteiger partial charge in [0.25, 0.3) is 0 Å². The van der Waals surface area contributed by atoms with Crippen molar-refractivity contribution in [3.63, 3.8) is 0 Å². The zero-order valence-corrected chi connectivity index (χ0v) is 13.1. The third-order valence-electron chi connectivity index (χ3n) is 3.47. The summed E-state index contributed by atoms with van der Waals surface area (Å²) in [6.07, 6.45) is 1.25. The van der Waals surface area contributed by atoms with Gasteiger partial charge in [0.1, 0.15) is 0 Å². The lowest BCUT2D eigenvalue weighted by atomic mass is 9.79. The van der Waals surface area contributed by atoms with Crippen LogP contribution in [0.15, 0.2) is 18.2 Å². The number of hydrogen-bond acceptors (Lipinski definition) is 2. The Bertz CT molecular complexity index is 445. The van der Waals surface area contributed by atoms with E-state index in [0.717, 1.165) is 12.1 Å². The molecule has 1 fully saturated rings. The molecule has 2 nitrogen and oxygen atoms in total. The van der Waals surface area contributed by atoms with Gasteiger partial charge in [-0.25, -0.2) is 8.78 Å². The third-order valence-corrected chi connectivity index (χ3v) is 3.47. The molecule has 0 saturated carbocycles. The normalized spacial score (nSPS) is 19.5. The van der Waals surface area contributed by atoms with E-state index in [0.29, 0.717) is 5.46 Å². The lowest BCUT2D eigenvalue weighted by Crippen LogP contribution is -2.41. The average Bonchev–Trinajstić information content (AvgIpc) is 2.53. The minimum Gasteiger partial charge on any atom is -0.399 e. The highest BCUT2D eigenvalue weighted by Gasteiger charge is 2.51. The van der Waals surface area contributed by atoms with E-state index in [-0.39, 0.29) is 0 Å². The van der Waals surface area contributed by atoms with Crippen LogP contribution in [0, 0.1) is 11.6 Å². The van der Waals surface area contributed by atoms with Crippen LogP contribution >= 0.6 is 0 Å². The first kappa shape index (κ1) is 17.1. The molecule has 20 heavy (non-hydrogen) atoms. The Hall–Kier alpha value is -0.935. The van der Waals surface area contributed by atoms with E-state index in [2.05, 4.69) is 13.8 Å². The summed E-state index contributed by atoms with van der Waals surface area (Å²) < 4.78 is 37.4. The smallest absolute Gasteiger partial charge is 0.399 e. The minimum absolute atomic E-state index is 0.484. The highest BCUT2D eigenvalue weighted by Crippen LogP contribution is 2.36. The summed E-state index contributed by atoms with van der Waals surface area (Å²) in [6, 6.07) is 3.66. The van der Waals surface area contributed by atoms with Crippen molar-refractivity contribution in [1.29, 1.82) is 0 Å². The van der Waals surface area contributed by atoms with E-state index in [9.17, 15) is 8.78 Å². The molecule has 1 heterocycles. The first-order chi connectivity index (χ1) is 9.14. The van der Waals surface area contributed by atoms with Crippen LogP contribution in [0.3, 0.4) is 0 Å². The summed E-state index contributed by atoms with van der Waals surface area (Å²) in [4.78, 5) is 0. The number of benzene rings is 1. The van der Waals surface area contributed by atoms with Crippen molar-refractivity contribution in [3.8, 4) is 0 Å². The van der Waals surface area contributed by atoms with Crippen LogP contribution < -0.4 is 5.46 Å². The number of hydrogen-bond donors (Lipinski definition) is 0. The van der Waals surface area contributed by atoms with Gasteiger partial charge in [-0.05, 0) is 45.3 Å². The number of halogens is 2. The molecule has 0 atom stereocenters. The predicted molar refractivity (Wildman–Crippen MR) is 78.0 cm³/mol. The van der Waals surface area contributed by atoms with Gasteiger partial charge < -0.3 is 9.31 Å². The Balaban J connectivity index is 0.000000612. The average molecular weight is 284 g/mol. The van der Waals surface area contributed by atoms with Crippen LogP contribution in [0.2, 0.25) is 0 Å². The van der Waals surface area contributed by atoms with Gasteiger partial charge in [-0.2, -0.15) is 0 Å². The van der Waals surface area contributed by atoms with E-state index in [1.54, 1.807) is 0 Å². The molecule has 1 saturated heterocycles. The molecular formula is C15H23BF2O2. The topological polar surface area (TPSA) is 18.5 Å². The van der Waals surface area contributed by atoms with Gasteiger partial charge in [0.15, 0.2) is 11.6 Å². The minimum atomic E-state index is -0.891. The second-order valence-corrected chi connectivity index (χ2v) is 5.97. The van der Waals surface area contributed by atoms with E-state index < -0.39 is 30.0 Å². The van der Waals surface area contributed by atoms with E-state index in [1.165, 1.54) is 12.5 Å². The second kappa shape index (κ2) is 6.23. The van der Waals surface area contributed by atoms with Gasteiger partial charge in [0.2, 0.25) is 0 Å². The molecule has 112 valence electrons. The Morgan fingerprint density at radius 1 is 0.950 bits per heavy atom. The summed E-state index contributed by atoms with van der Waals surface area (Å²) in [7, 11) is -0.657. The van der Waals surface area contributed by atoms with Crippen molar-refractivity contribution in [2.24, 2.45) is 0 Å². The maximum Gasteiger partial charge on any atom is 0.494 e. The lowest BCUT2D eigenvalue weighted by Gasteiger charge is -2.32. The molecular weight excluding hydrogens is 261 g/mol.